The van der Waals surface area contributed by atoms with E-state index in [1.165, 1.54) is 6.33 Å². The van der Waals surface area contributed by atoms with E-state index in [0.29, 0.717) is 17.4 Å². The number of aliphatic hydroxyl groups excluding tert-OH is 1. The van der Waals surface area contributed by atoms with Gasteiger partial charge in [0.05, 0.1) is 17.2 Å². The average Bonchev–Trinajstić information content (AvgIpc) is 2.33. The zero-order valence-electron chi connectivity index (χ0n) is 10.4. The number of aliphatic hydroxyl groups is 1. The maximum atomic E-state index is 12.3. The lowest BCUT2D eigenvalue weighted by molar-refractivity contribution is 0.139. The molecule has 1 aromatic carbocycles. The van der Waals surface area contributed by atoms with E-state index in [0.717, 1.165) is 4.47 Å². The average molecular weight is 311 g/mol. The molecule has 0 spiro atoms. The molecule has 1 N–H and O–H groups in total. The van der Waals surface area contributed by atoms with Gasteiger partial charge in [-0.1, -0.05) is 29.8 Å². The maximum Gasteiger partial charge on any atom is 0.261 e. The number of rotatable bonds is 3. The Hall–Kier alpha value is -1.20. The van der Waals surface area contributed by atoms with Crippen molar-refractivity contribution >= 4 is 26.8 Å². The van der Waals surface area contributed by atoms with Crippen LogP contribution in [-0.2, 0) is 6.54 Å². The van der Waals surface area contributed by atoms with Crippen molar-refractivity contribution < 1.29 is 5.11 Å². The first kappa shape index (κ1) is 13.2. The van der Waals surface area contributed by atoms with Crippen molar-refractivity contribution in [1.82, 2.24) is 9.55 Å². The van der Waals surface area contributed by atoms with Gasteiger partial charge < -0.3 is 5.11 Å². The number of aromatic nitrogens is 2. The predicted molar refractivity (Wildman–Crippen MR) is 74.6 cm³/mol. The van der Waals surface area contributed by atoms with Gasteiger partial charge in [-0.2, -0.15) is 0 Å². The molecule has 4 nitrogen and oxygen atoms in total. The van der Waals surface area contributed by atoms with Crippen LogP contribution >= 0.6 is 15.9 Å². The second-order valence-electron chi connectivity index (χ2n) is 5.16. The molecule has 1 heterocycles. The number of halogens is 1. The van der Waals surface area contributed by atoms with Gasteiger partial charge in [-0.25, -0.2) is 4.98 Å². The molecule has 0 fully saturated rings. The Morgan fingerprint density at radius 2 is 2.17 bits per heavy atom. The number of hydrogen-bond acceptors (Lipinski definition) is 3. The van der Waals surface area contributed by atoms with Crippen molar-refractivity contribution in [2.24, 2.45) is 5.41 Å². The fourth-order valence-corrected chi connectivity index (χ4v) is 2.12. The molecule has 0 saturated heterocycles. The molecule has 0 atom stereocenters. The molecule has 0 bridgehead atoms. The Bertz CT molecular complexity index is 634. The molecule has 96 valence electrons. The summed E-state index contributed by atoms with van der Waals surface area (Å²) in [5.74, 6) is 0. The highest BCUT2D eigenvalue weighted by Gasteiger charge is 2.18. The molecular formula is C13H15BrN2O2. The van der Waals surface area contributed by atoms with Gasteiger partial charge in [0.15, 0.2) is 0 Å². The Morgan fingerprint density at radius 3 is 2.83 bits per heavy atom. The topological polar surface area (TPSA) is 55.1 Å². The Labute approximate surface area is 113 Å². The van der Waals surface area contributed by atoms with Crippen molar-refractivity contribution in [2.45, 2.75) is 20.4 Å². The van der Waals surface area contributed by atoms with E-state index in [-0.39, 0.29) is 17.6 Å². The van der Waals surface area contributed by atoms with Gasteiger partial charge in [-0.05, 0) is 18.2 Å². The largest absolute Gasteiger partial charge is 0.396 e. The molecule has 0 unspecified atom stereocenters. The Kier molecular flexibility index (Phi) is 3.54. The van der Waals surface area contributed by atoms with Gasteiger partial charge in [-0.3, -0.25) is 9.36 Å². The summed E-state index contributed by atoms with van der Waals surface area (Å²) in [5, 5.41) is 9.84. The summed E-state index contributed by atoms with van der Waals surface area (Å²) < 4.78 is 2.40. The fourth-order valence-electron chi connectivity index (χ4n) is 1.75. The standard InChI is InChI=1S/C13H15BrN2O2/c1-13(2,7-17)6-16-8-15-11-4-3-9(14)5-10(11)12(16)18/h3-5,8,17H,6-7H2,1-2H3. The van der Waals surface area contributed by atoms with Crippen LogP contribution in [0.5, 0.6) is 0 Å². The van der Waals surface area contributed by atoms with Gasteiger partial charge in [0.2, 0.25) is 0 Å². The monoisotopic (exact) mass is 310 g/mol. The number of hydrogen-bond donors (Lipinski definition) is 1. The third-order valence-electron chi connectivity index (χ3n) is 2.81. The minimum absolute atomic E-state index is 0.0238. The molecule has 5 heteroatoms. The molecule has 0 aliphatic heterocycles. The lowest BCUT2D eigenvalue weighted by atomic mass is 9.95. The van der Waals surface area contributed by atoms with Crippen molar-refractivity contribution in [2.75, 3.05) is 6.61 Å². The van der Waals surface area contributed by atoms with Crippen LogP contribution in [-0.4, -0.2) is 21.3 Å². The zero-order chi connectivity index (χ0) is 13.3. The van der Waals surface area contributed by atoms with E-state index in [1.807, 2.05) is 26.0 Å². The maximum absolute atomic E-state index is 12.3. The Balaban J connectivity index is 2.54. The minimum Gasteiger partial charge on any atom is -0.396 e. The first-order valence-electron chi connectivity index (χ1n) is 5.68. The molecule has 0 aliphatic rings. The predicted octanol–water partition coefficient (Wildman–Crippen LogP) is 2.18. The van der Waals surface area contributed by atoms with Crippen molar-refractivity contribution in [3.05, 3.63) is 39.4 Å². The van der Waals surface area contributed by atoms with E-state index in [4.69, 9.17) is 0 Å². The minimum atomic E-state index is -0.342. The molecule has 2 rings (SSSR count). The highest BCUT2D eigenvalue weighted by molar-refractivity contribution is 9.10. The van der Waals surface area contributed by atoms with Crippen molar-refractivity contribution in [3.8, 4) is 0 Å². The molecule has 0 aliphatic carbocycles. The van der Waals surface area contributed by atoms with Crippen LogP contribution in [0.2, 0.25) is 0 Å². The van der Waals surface area contributed by atoms with Crippen LogP contribution in [0.15, 0.2) is 33.8 Å². The van der Waals surface area contributed by atoms with Gasteiger partial charge in [-0.15, -0.1) is 0 Å². The fraction of sp³-hybridized carbons (Fsp3) is 0.385. The van der Waals surface area contributed by atoms with E-state index in [2.05, 4.69) is 20.9 Å². The molecule has 0 amide bonds. The highest BCUT2D eigenvalue weighted by Crippen LogP contribution is 2.18. The van der Waals surface area contributed by atoms with E-state index in [9.17, 15) is 9.90 Å². The Morgan fingerprint density at radius 1 is 1.44 bits per heavy atom. The van der Waals surface area contributed by atoms with Gasteiger partial charge in [0.1, 0.15) is 0 Å². The van der Waals surface area contributed by atoms with Crippen LogP contribution in [0.3, 0.4) is 0 Å². The number of fused-ring (bicyclic) bond motifs is 1. The molecule has 0 radical (unpaired) electrons. The summed E-state index contributed by atoms with van der Waals surface area (Å²) >= 11 is 3.35. The summed E-state index contributed by atoms with van der Waals surface area (Å²) in [6, 6.07) is 5.44. The number of nitrogens with zero attached hydrogens (tertiary/aromatic N) is 2. The summed E-state index contributed by atoms with van der Waals surface area (Å²) in [7, 11) is 0. The third-order valence-corrected chi connectivity index (χ3v) is 3.31. The van der Waals surface area contributed by atoms with Crippen LogP contribution in [0, 0.1) is 5.41 Å². The van der Waals surface area contributed by atoms with Crippen molar-refractivity contribution in [1.29, 1.82) is 0 Å². The summed E-state index contributed by atoms with van der Waals surface area (Å²) in [6.07, 6.45) is 1.54. The molecule has 2 aromatic rings. The van der Waals surface area contributed by atoms with E-state index < -0.39 is 0 Å². The zero-order valence-corrected chi connectivity index (χ0v) is 11.9. The van der Waals surface area contributed by atoms with Crippen LogP contribution < -0.4 is 5.56 Å². The molecule has 1 aromatic heterocycles. The summed E-state index contributed by atoms with van der Waals surface area (Å²) in [6.45, 7) is 4.28. The van der Waals surface area contributed by atoms with Crippen LogP contribution in [0.1, 0.15) is 13.8 Å². The van der Waals surface area contributed by atoms with E-state index >= 15 is 0 Å². The van der Waals surface area contributed by atoms with Gasteiger partial charge in [0, 0.05) is 23.0 Å². The normalized spacial score (nSPS) is 12.0. The first-order chi connectivity index (χ1) is 8.43. The molecular weight excluding hydrogens is 296 g/mol. The van der Waals surface area contributed by atoms with E-state index in [1.54, 1.807) is 10.6 Å². The third kappa shape index (κ3) is 2.62. The summed E-state index contributed by atoms with van der Waals surface area (Å²) in [5.41, 5.74) is 0.259. The quantitative estimate of drug-likeness (QED) is 0.945. The first-order valence-corrected chi connectivity index (χ1v) is 6.48. The molecule has 18 heavy (non-hydrogen) atoms. The summed E-state index contributed by atoms with van der Waals surface area (Å²) in [4.78, 5) is 16.6. The van der Waals surface area contributed by atoms with Gasteiger partial charge >= 0.3 is 0 Å². The second-order valence-corrected chi connectivity index (χ2v) is 6.08. The SMILES string of the molecule is CC(C)(CO)Cn1cnc2ccc(Br)cc2c1=O. The lowest BCUT2D eigenvalue weighted by Crippen LogP contribution is -2.30. The smallest absolute Gasteiger partial charge is 0.261 e. The molecule has 0 saturated carbocycles. The van der Waals surface area contributed by atoms with Crippen LogP contribution in [0.4, 0.5) is 0 Å². The van der Waals surface area contributed by atoms with Crippen LogP contribution in [0.25, 0.3) is 10.9 Å². The number of benzene rings is 1. The second kappa shape index (κ2) is 4.82. The van der Waals surface area contributed by atoms with Crippen molar-refractivity contribution in [3.63, 3.8) is 0 Å². The lowest BCUT2D eigenvalue weighted by Gasteiger charge is -2.22. The van der Waals surface area contributed by atoms with Gasteiger partial charge in [0.25, 0.3) is 5.56 Å². The highest BCUT2D eigenvalue weighted by atomic mass is 79.9.